The Hall–Kier alpha value is -2.86. The van der Waals surface area contributed by atoms with E-state index >= 15 is 0 Å². The molecule has 0 spiro atoms. The number of nitrogens with one attached hydrogen (secondary N) is 1. The Morgan fingerprint density at radius 2 is 1.88 bits per heavy atom. The third-order valence-corrected chi connectivity index (χ3v) is 4.19. The average molecular weight is 353 g/mol. The van der Waals surface area contributed by atoms with Gasteiger partial charge in [0.1, 0.15) is 11.4 Å². The van der Waals surface area contributed by atoms with Gasteiger partial charge in [0.2, 0.25) is 0 Å². The van der Waals surface area contributed by atoms with Gasteiger partial charge in [0, 0.05) is 25.8 Å². The van der Waals surface area contributed by atoms with Crippen molar-refractivity contribution in [3.8, 4) is 5.75 Å². The molecular weight excluding hydrogens is 334 g/mol. The molecule has 5 nitrogen and oxygen atoms in total. The number of hydrogen-bond acceptors (Lipinski definition) is 4. The largest absolute Gasteiger partial charge is 0.497 e. The van der Waals surface area contributed by atoms with E-state index in [1.807, 2.05) is 61.5 Å². The van der Waals surface area contributed by atoms with E-state index in [-0.39, 0.29) is 5.91 Å². The number of carbonyl (C=O) groups excluding carboxylic acids is 1. The Bertz CT molecular complexity index is 844. The zero-order chi connectivity index (χ0) is 18.0. The fraction of sp³-hybridized carbons (Fsp3) is 0.158. The molecular formula is C19H19N3O2S. The molecule has 1 aliphatic rings. The Balaban J connectivity index is 1.87. The third kappa shape index (κ3) is 3.49. The second-order valence-corrected chi connectivity index (χ2v) is 6.20. The van der Waals surface area contributed by atoms with E-state index in [4.69, 9.17) is 17.0 Å². The number of carbonyl (C=O) groups is 1. The van der Waals surface area contributed by atoms with Gasteiger partial charge in [-0.1, -0.05) is 18.2 Å². The van der Waals surface area contributed by atoms with Gasteiger partial charge in [0.25, 0.3) is 5.91 Å². The van der Waals surface area contributed by atoms with Crippen molar-refractivity contribution in [2.75, 3.05) is 31.0 Å². The predicted molar refractivity (Wildman–Crippen MR) is 105 cm³/mol. The molecule has 128 valence electrons. The van der Waals surface area contributed by atoms with Crippen LogP contribution in [0.3, 0.4) is 0 Å². The van der Waals surface area contributed by atoms with E-state index in [0.29, 0.717) is 22.2 Å². The third-order valence-electron chi connectivity index (χ3n) is 3.91. The van der Waals surface area contributed by atoms with Crippen molar-refractivity contribution in [3.05, 3.63) is 59.8 Å². The van der Waals surface area contributed by atoms with Crippen LogP contribution >= 0.6 is 12.2 Å². The van der Waals surface area contributed by atoms with E-state index in [1.54, 1.807) is 19.3 Å². The molecule has 1 N–H and O–H groups in total. The van der Waals surface area contributed by atoms with Crippen LogP contribution < -0.4 is 19.9 Å². The number of thiocarbonyl (C=S) groups is 1. The van der Waals surface area contributed by atoms with E-state index in [9.17, 15) is 4.79 Å². The molecule has 0 aromatic heterocycles. The first-order valence-corrected chi connectivity index (χ1v) is 8.19. The van der Waals surface area contributed by atoms with Crippen LogP contribution in [0.2, 0.25) is 0 Å². The molecule has 3 rings (SSSR count). The molecule has 1 amide bonds. The van der Waals surface area contributed by atoms with Crippen molar-refractivity contribution < 1.29 is 9.53 Å². The van der Waals surface area contributed by atoms with Crippen LogP contribution in [-0.2, 0) is 4.79 Å². The molecule has 1 saturated heterocycles. The van der Waals surface area contributed by atoms with Gasteiger partial charge in [-0.2, -0.15) is 0 Å². The van der Waals surface area contributed by atoms with Gasteiger partial charge in [-0.05, 0) is 48.1 Å². The van der Waals surface area contributed by atoms with Gasteiger partial charge >= 0.3 is 0 Å². The number of anilines is 2. The highest BCUT2D eigenvalue weighted by atomic mass is 32.1. The average Bonchev–Trinajstić information content (AvgIpc) is 2.89. The SMILES string of the molecule is COc1cccc(N2C(=O)/C(=C/c3ccc(N(C)C)cc3)NC2=S)c1. The molecule has 2 aromatic rings. The summed E-state index contributed by atoms with van der Waals surface area (Å²) >= 11 is 5.33. The standard InChI is InChI=1S/C19H19N3O2S/c1-21(2)14-9-7-13(8-10-14)11-17-18(23)22(19(25)20-17)15-5-4-6-16(12-15)24-3/h4-12H,1-3H3,(H,20,25)/b17-11-. The Morgan fingerprint density at radius 1 is 1.16 bits per heavy atom. The van der Waals surface area contributed by atoms with Crippen LogP contribution in [0.1, 0.15) is 5.56 Å². The summed E-state index contributed by atoms with van der Waals surface area (Å²) in [6.45, 7) is 0. The summed E-state index contributed by atoms with van der Waals surface area (Å²) in [5, 5.41) is 3.35. The molecule has 6 heteroatoms. The maximum atomic E-state index is 12.8. The van der Waals surface area contributed by atoms with E-state index in [1.165, 1.54) is 4.90 Å². The van der Waals surface area contributed by atoms with E-state index in [2.05, 4.69) is 5.32 Å². The fourth-order valence-corrected chi connectivity index (χ4v) is 2.85. The number of ether oxygens (including phenoxy) is 1. The minimum Gasteiger partial charge on any atom is -0.497 e. The normalized spacial score (nSPS) is 15.5. The summed E-state index contributed by atoms with van der Waals surface area (Å²) in [5.41, 5.74) is 3.15. The summed E-state index contributed by atoms with van der Waals surface area (Å²) in [6, 6.07) is 15.2. The molecule has 1 fully saturated rings. The Kier molecular flexibility index (Phi) is 4.72. The van der Waals surface area contributed by atoms with Crippen LogP contribution in [0.5, 0.6) is 5.75 Å². The molecule has 0 unspecified atom stereocenters. The maximum absolute atomic E-state index is 12.8. The van der Waals surface area contributed by atoms with Crippen LogP contribution in [0.25, 0.3) is 6.08 Å². The molecule has 0 aliphatic carbocycles. The van der Waals surface area contributed by atoms with Gasteiger partial charge < -0.3 is 15.0 Å². The zero-order valence-electron chi connectivity index (χ0n) is 14.3. The van der Waals surface area contributed by atoms with Crippen LogP contribution in [-0.4, -0.2) is 32.2 Å². The number of methoxy groups -OCH3 is 1. The highest BCUT2D eigenvalue weighted by molar-refractivity contribution is 7.80. The number of rotatable bonds is 4. The quantitative estimate of drug-likeness (QED) is 0.676. The first-order valence-electron chi connectivity index (χ1n) is 7.78. The molecule has 1 aliphatic heterocycles. The van der Waals surface area contributed by atoms with Crippen LogP contribution in [0.4, 0.5) is 11.4 Å². The van der Waals surface area contributed by atoms with Gasteiger partial charge in [-0.3, -0.25) is 9.69 Å². The first-order chi connectivity index (χ1) is 12.0. The van der Waals surface area contributed by atoms with Crippen molar-refractivity contribution in [2.24, 2.45) is 0 Å². The lowest BCUT2D eigenvalue weighted by molar-refractivity contribution is -0.113. The molecule has 0 atom stereocenters. The van der Waals surface area contributed by atoms with Gasteiger partial charge in [-0.15, -0.1) is 0 Å². The van der Waals surface area contributed by atoms with E-state index in [0.717, 1.165) is 11.3 Å². The lowest BCUT2D eigenvalue weighted by Gasteiger charge is -2.14. The Morgan fingerprint density at radius 3 is 2.52 bits per heavy atom. The first kappa shape index (κ1) is 17.0. The zero-order valence-corrected chi connectivity index (χ0v) is 15.1. The second kappa shape index (κ2) is 6.94. The smallest absolute Gasteiger partial charge is 0.281 e. The summed E-state index contributed by atoms with van der Waals surface area (Å²) in [6.07, 6.45) is 1.80. The number of hydrogen-bond donors (Lipinski definition) is 1. The van der Waals surface area contributed by atoms with E-state index < -0.39 is 0 Å². The summed E-state index contributed by atoms with van der Waals surface area (Å²) < 4.78 is 5.22. The molecule has 0 radical (unpaired) electrons. The highest BCUT2D eigenvalue weighted by Gasteiger charge is 2.32. The number of amides is 1. The van der Waals surface area contributed by atoms with Gasteiger partial charge in [-0.25, -0.2) is 0 Å². The number of nitrogens with zero attached hydrogens (tertiary/aromatic N) is 2. The van der Waals surface area contributed by atoms with Gasteiger partial charge in [0.15, 0.2) is 5.11 Å². The lowest BCUT2D eigenvalue weighted by Crippen LogP contribution is -2.30. The minimum absolute atomic E-state index is 0.185. The summed E-state index contributed by atoms with van der Waals surface area (Å²) in [4.78, 5) is 16.2. The molecule has 1 heterocycles. The van der Waals surface area contributed by atoms with Crippen molar-refractivity contribution in [3.63, 3.8) is 0 Å². The second-order valence-electron chi connectivity index (χ2n) is 5.82. The number of benzene rings is 2. The van der Waals surface area contributed by atoms with Gasteiger partial charge in [0.05, 0.1) is 12.8 Å². The topological polar surface area (TPSA) is 44.8 Å². The van der Waals surface area contributed by atoms with Crippen molar-refractivity contribution in [2.45, 2.75) is 0 Å². The summed E-state index contributed by atoms with van der Waals surface area (Å²) in [5.74, 6) is 0.486. The van der Waals surface area contributed by atoms with Crippen LogP contribution in [0, 0.1) is 0 Å². The monoisotopic (exact) mass is 353 g/mol. The maximum Gasteiger partial charge on any atom is 0.281 e. The minimum atomic E-state index is -0.185. The predicted octanol–water partition coefficient (Wildman–Crippen LogP) is 3.02. The van der Waals surface area contributed by atoms with Crippen molar-refractivity contribution in [1.29, 1.82) is 0 Å². The van der Waals surface area contributed by atoms with Crippen molar-refractivity contribution in [1.82, 2.24) is 5.32 Å². The molecule has 2 aromatic carbocycles. The van der Waals surface area contributed by atoms with Crippen molar-refractivity contribution >= 4 is 40.7 Å². The molecule has 0 saturated carbocycles. The molecule has 0 bridgehead atoms. The summed E-state index contributed by atoms with van der Waals surface area (Å²) in [7, 11) is 5.56. The lowest BCUT2D eigenvalue weighted by atomic mass is 10.1. The Labute approximate surface area is 152 Å². The van der Waals surface area contributed by atoms with Crippen LogP contribution in [0.15, 0.2) is 54.2 Å². The fourth-order valence-electron chi connectivity index (χ4n) is 2.55. The highest BCUT2D eigenvalue weighted by Crippen LogP contribution is 2.26. The molecule has 25 heavy (non-hydrogen) atoms.